The molecule has 0 saturated carbocycles. The number of nitrogens with one attached hydrogen (secondary N) is 3. The van der Waals surface area contributed by atoms with Gasteiger partial charge >= 0.3 is 12.1 Å². The molecule has 2 saturated heterocycles. The fourth-order valence-electron chi connectivity index (χ4n) is 3.49. The lowest BCUT2D eigenvalue weighted by molar-refractivity contribution is 0.0492. The average molecular weight is 374 g/mol. The number of hydrogen-bond acceptors (Lipinski definition) is 4. The van der Waals surface area contributed by atoms with Crippen LogP contribution in [0, 0.1) is 0 Å². The molecule has 1 aromatic carbocycles. The number of hydrogen-bond donors (Lipinski definition) is 3. The molecule has 2 fully saturated rings. The molecule has 3 rings (SSSR count). The zero-order chi connectivity index (χ0) is 19.6. The second kappa shape index (κ2) is 7.86. The highest BCUT2D eigenvalue weighted by molar-refractivity contribution is 5.96. The Bertz CT molecular complexity index is 659. The smallest absolute Gasteiger partial charge is 0.328 e. The van der Waals surface area contributed by atoms with Crippen molar-refractivity contribution in [1.82, 2.24) is 20.9 Å². The van der Waals surface area contributed by atoms with Crippen LogP contribution in [0.2, 0.25) is 0 Å². The monoisotopic (exact) mass is 374 g/mol. The van der Waals surface area contributed by atoms with Crippen molar-refractivity contribution in [2.45, 2.75) is 64.3 Å². The van der Waals surface area contributed by atoms with Gasteiger partial charge in [0.1, 0.15) is 0 Å². The number of ether oxygens (including phenoxy) is 1. The van der Waals surface area contributed by atoms with Crippen LogP contribution in [0.1, 0.15) is 57.7 Å². The van der Waals surface area contributed by atoms with Gasteiger partial charge in [0.05, 0.1) is 0 Å². The summed E-state index contributed by atoms with van der Waals surface area (Å²) in [5, 5.41) is 8.93. The van der Waals surface area contributed by atoms with Gasteiger partial charge in [-0.25, -0.2) is 14.5 Å². The van der Waals surface area contributed by atoms with Gasteiger partial charge in [-0.2, -0.15) is 0 Å². The van der Waals surface area contributed by atoms with Crippen LogP contribution in [0.3, 0.4) is 0 Å². The molecule has 7 heteroatoms. The summed E-state index contributed by atoms with van der Waals surface area (Å²) in [4.78, 5) is 26.2. The fourth-order valence-corrected chi connectivity index (χ4v) is 3.49. The number of carbonyl (C=O) groups excluding carboxylic acids is 2. The quantitative estimate of drug-likeness (QED) is 0.757. The lowest BCUT2D eigenvalue weighted by Gasteiger charge is -2.39. The van der Waals surface area contributed by atoms with Gasteiger partial charge in [0, 0.05) is 25.3 Å². The van der Waals surface area contributed by atoms with E-state index < -0.39 is 6.29 Å². The van der Waals surface area contributed by atoms with Gasteiger partial charge in [0.25, 0.3) is 0 Å². The van der Waals surface area contributed by atoms with Crippen LogP contribution >= 0.6 is 0 Å². The molecule has 0 bridgehead atoms. The van der Waals surface area contributed by atoms with Crippen LogP contribution in [0.15, 0.2) is 24.3 Å². The number of urea groups is 2. The zero-order valence-corrected chi connectivity index (χ0v) is 16.5. The fraction of sp³-hybridized carbons (Fsp3) is 0.600. The second-order valence-corrected chi connectivity index (χ2v) is 8.31. The average Bonchev–Trinajstić information content (AvgIpc) is 2.61. The van der Waals surface area contributed by atoms with E-state index in [0.717, 1.165) is 5.56 Å². The molecule has 7 nitrogen and oxygen atoms in total. The van der Waals surface area contributed by atoms with Gasteiger partial charge in [-0.05, 0) is 36.3 Å². The molecule has 0 unspecified atom stereocenters. The van der Waals surface area contributed by atoms with Crippen molar-refractivity contribution in [2.75, 3.05) is 13.2 Å². The molecule has 1 aromatic rings. The van der Waals surface area contributed by atoms with E-state index >= 15 is 0 Å². The first-order valence-corrected chi connectivity index (χ1v) is 9.60. The molecule has 2 aliphatic heterocycles. The SMILES string of the molecule is C[C@H](NC1NC(=O)N(C2CCOCC2)C(=O)N1)c1ccc(C(C)(C)C)cc1. The third-order valence-corrected chi connectivity index (χ3v) is 5.22. The van der Waals surface area contributed by atoms with E-state index in [2.05, 4.69) is 61.0 Å². The molecule has 27 heavy (non-hydrogen) atoms. The summed E-state index contributed by atoms with van der Waals surface area (Å²) in [6, 6.07) is 7.55. The number of amides is 4. The molecule has 148 valence electrons. The van der Waals surface area contributed by atoms with Crippen molar-refractivity contribution >= 4 is 12.1 Å². The molecule has 4 amide bonds. The highest BCUT2D eigenvalue weighted by Gasteiger charge is 2.37. The highest BCUT2D eigenvalue weighted by atomic mass is 16.5. The van der Waals surface area contributed by atoms with E-state index in [4.69, 9.17) is 4.74 Å². The van der Waals surface area contributed by atoms with Crippen LogP contribution in [0.25, 0.3) is 0 Å². The van der Waals surface area contributed by atoms with Gasteiger partial charge < -0.3 is 15.4 Å². The van der Waals surface area contributed by atoms with Gasteiger partial charge in [-0.15, -0.1) is 0 Å². The number of nitrogens with zero attached hydrogens (tertiary/aromatic N) is 1. The predicted molar refractivity (Wildman–Crippen MR) is 103 cm³/mol. The normalized spacial score (nSPS) is 21.0. The molecule has 0 aliphatic carbocycles. The van der Waals surface area contributed by atoms with Gasteiger partial charge in [-0.1, -0.05) is 45.0 Å². The summed E-state index contributed by atoms with van der Waals surface area (Å²) in [5.41, 5.74) is 2.47. The summed E-state index contributed by atoms with van der Waals surface area (Å²) in [6.45, 7) is 9.70. The second-order valence-electron chi connectivity index (χ2n) is 8.31. The maximum atomic E-state index is 12.5. The number of rotatable bonds is 4. The molecule has 0 spiro atoms. The molecular weight excluding hydrogens is 344 g/mol. The van der Waals surface area contributed by atoms with Crippen molar-refractivity contribution in [3.05, 3.63) is 35.4 Å². The van der Waals surface area contributed by atoms with E-state index in [-0.39, 0.29) is 29.6 Å². The molecule has 0 radical (unpaired) electrons. The minimum Gasteiger partial charge on any atom is -0.381 e. The Labute approximate surface area is 160 Å². The van der Waals surface area contributed by atoms with Gasteiger partial charge in [0.15, 0.2) is 6.29 Å². The summed E-state index contributed by atoms with van der Waals surface area (Å²) in [6.07, 6.45) is 0.753. The number of carbonyl (C=O) groups is 2. The Kier molecular flexibility index (Phi) is 5.72. The minimum atomic E-state index is -0.599. The summed E-state index contributed by atoms with van der Waals surface area (Å²) < 4.78 is 5.31. The van der Waals surface area contributed by atoms with Crippen LogP contribution in [-0.2, 0) is 10.2 Å². The Morgan fingerprint density at radius 1 is 1.07 bits per heavy atom. The van der Waals surface area contributed by atoms with Gasteiger partial charge in [0.2, 0.25) is 0 Å². The van der Waals surface area contributed by atoms with E-state index in [1.807, 2.05) is 6.92 Å². The topological polar surface area (TPSA) is 82.7 Å². The van der Waals surface area contributed by atoms with Crippen LogP contribution in [-0.4, -0.2) is 42.5 Å². The predicted octanol–water partition coefficient (Wildman–Crippen LogP) is 2.83. The first-order valence-electron chi connectivity index (χ1n) is 9.60. The Morgan fingerprint density at radius 2 is 1.63 bits per heavy atom. The third-order valence-electron chi connectivity index (χ3n) is 5.22. The molecule has 2 heterocycles. The van der Waals surface area contributed by atoms with Crippen molar-refractivity contribution in [2.24, 2.45) is 0 Å². The Balaban J connectivity index is 1.60. The third kappa shape index (κ3) is 4.59. The Hall–Kier alpha value is -2.12. The van der Waals surface area contributed by atoms with E-state index in [1.54, 1.807) is 0 Å². The van der Waals surface area contributed by atoms with E-state index in [1.165, 1.54) is 10.5 Å². The Morgan fingerprint density at radius 3 is 2.15 bits per heavy atom. The molecule has 2 aliphatic rings. The van der Waals surface area contributed by atoms with E-state index in [9.17, 15) is 9.59 Å². The zero-order valence-electron chi connectivity index (χ0n) is 16.5. The van der Waals surface area contributed by atoms with Gasteiger partial charge in [-0.3, -0.25) is 5.32 Å². The van der Waals surface area contributed by atoms with Crippen molar-refractivity contribution in [3.8, 4) is 0 Å². The van der Waals surface area contributed by atoms with Crippen LogP contribution in [0.4, 0.5) is 9.59 Å². The summed E-state index contributed by atoms with van der Waals surface area (Å²) in [5.74, 6) is 0. The molecular formula is C20H30N4O3. The van der Waals surface area contributed by atoms with Crippen molar-refractivity contribution < 1.29 is 14.3 Å². The molecule has 3 N–H and O–H groups in total. The van der Waals surface area contributed by atoms with Crippen LogP contribution < -0.4 is 16.0 Å². The maximum Gasteiger partial charge on any atom is 0.328 e. The first-order chi connectivity index (χ1) is 12.8. The standard InChI is InChI=1S/C20H30N4O3/c1-13(14-5-7-15(8-6-14)20(2,3)4)21-17-22-18(25)24(19(26)23-17)16-9-11-27-12-10-16/h5-8,13,16-17,21H,9-12H2,1-4H3,(H,22,25)(H,23,26)/t13-/m0/s1. The highest BCUT2D eigenvalue weighted by Crippen LogP contribution is 2.24. The largest absolute Gasteiger partial charge is 0.381 e. The maximum absolute atomic E-state index is 12.5. The summed E-state index contributed by atoms with van der Waals surface area (Å²) >= 11 is 0. The summed E-state index contributed by atoms with van der Waals surface area (Å²) in [7, 11) is 0. The first kappa shape index (κ1) is 19.6. The van der Waals surface area contributed by atoms with Crippen molar-refractivity contribution in [1.29, 1.82) is 0 Å². The van der Waals surface area contributed by atoms with E-state index in [0.29, 0.717) is 26.1 Å². The lowest BCUT2D eigenvalue weighted by atomic mass is 9.86. The molecule has 1 atom stereocenters. The van der Waals surface area contributed by atoms with Crippen molar-refractivity contribution in [3.63, 3.8) is 0 Å². The minimum absolute atomic E-state index is 0.0285. The molecule has 0 aromatic heterocycles. The lowest BCUT2D eigenvalue weighted by Crippen LogP contribution is -2.70. The number of benzene rings is 1. The van der Waals surface area contributed by atoms with Crippen LogP contribution in [0.5, 0.6) is 0 Å². The number of imide groups is 1.